The molecule has 1 aromatic carbocycles. The highest BCUT2D eigenvalue weighted by molar-refractivity contribution is 5.38. The molecule has 0 amide bonds. The predicted octanol–water partition coefficient (Wildman–Crippen LogP) is 2.98. The van der Waals surface area contributed by atoms with Crippen LogP contribution in [0, 0.1) is 12.8 Å². The summed E-state index contributed by atoms with van der Waals surface area (Å²) < 4.78 is 0. The maximum atomic E-state index is 2.42. The first-order valence-corrected chi connectivity index (χ1v) is 6.37. The molecule has 0 aliphatic heterocycles. The molecule has 2 aliphatic carbocycles. The van der Waals surface area contributed by atoms with Crippen molar-refractivity contribution in [3.63, 3.8) is 0 Å². The fraction of sp³-hybridized carbons (Fsp3) is 0.600. The van der Waals surface area contributed by atoms with Gasteiger partial charge in [0.15, 0.2) is 0 Å². The van der Waals surface area contributed by atoms with Crippen LogP contribution in [-0.4, -0.2) is 25.0 Å². The van der Waals surface area contributed by atoms with Crippen molar-refractivity contribution in [1.82, 2.24) is 4.90 Å². The normalized spacial score (nSPS) is 36.5. The summed E-state index contributed by atoms with van der Waals surface area (Å²) in [6, 6.07) is 10.1. The molecule has 1 nitrogen and oxygen atoms in total. The lowest BCUT2D eigenvalue weighted by Gasteiger charge is -2.19. The van der Waals surface area contributed by atoms with Crippen molar-refractivity contribution >= 4 is 0 Å². The fourth-order valence-corrected chi connectivity index (χ4v) is 3.71. The molecule has 0 heterocycles. The Kier molecular flexibility index (Phi) is 2.16. The second-order valence-electron chi connectivity index (χ2n) is 5.90. The maximum absolute atomic E-state index is 2.42. The molecule has 1 aromatic rings. The van der Waals surface area contributed by atoms with Crippen molar-refractivity contribution in [1.29, 1.82) is 0 Å². The fourth-order valence-electron chi connectivity index (χ4n) is 3.71. The number of hydrogen-bond acceptors (Lipinski definition) is 1. The Hall–Kier alpha value is -0.820. The van der Waals surface area contributed by atoms with Crippen LogP contribution in [0.3, 0.4) is 0 Å². The van der Waals surface area contributed by atoms with E-state index in [1.807, 2.05) is 0 Å². The molecule has 2 saturated carbocycles. The van der Waals surface area contributed by atoms with Crippen LogP contribution in [0.25, 0.3) is 0 Å². The first-order valence-electron chi connectivity index (χ1n) is 6.37. The zero-order chi connectivity index (χ0) is 11.3. The average molecular weight is 215 g/mol. The van der Waals surface area contributed by atoms with Crippen molar-refractivity contribution in [2.24, 2.45) is 5.92 Å². The molecule has 0 spiro atoms. The first-order chi connectivity index (χ1) is 7.63. The summed E-state index contributed by atoms with van der Waals surface area (Å²) in [7, 11) is 4.46. The molecule has 3 rings (SSSR count). The third kappa shape index (κ3) is 1.34. The number of fused-ring (bicyclic) bond motifs is 1. The van der Waals surface area contributed by atoms with Crippen molar-refractivity contribution in [2.45, 2.75) is 37.6 Å². The second-order valence-corrected chi connectivity index (χ2v) is 5.90. The molecule has 16 heavy (non-hydrogen) atoms. The van der Waals surface area contributed by atoms with Crippen LogP contribution in [0.2, 0.25) is 0 Å². The number of aryl methyl sites for hydroxylation is 1. The second kappa shape index (κ2) is 3.33. The van der Waals surface area contributed by atoms with E-state index in [0.29, 0.717) is 5.41 Å². The minimum absolute atomic E-state index is 0.558. The Balaban J connectivity index is 1.86. The van der Waals surface area contributed by atoms with E-state index in [1.54, 1.807) is 5.56 Å². The Bertz CT molecular complexity index is 392. The molecule has 0 N–H and O–H groups in total. The zero-order valence-electron chi connectivity index (χ0n) is 10.5. The number of benzene rings is 1. The lowest BCUT2D eigenvalue weighted by atomic mass is 9.93. The third-order valence-corrected chi connectivity index (χ3v) is 4.77. The maximum Gasteiger partial charge on any atom is 0.0127 e. The lowest BCUT2D eigenvalue weighted by Crippen LogP contribution is -2.27. The molecule has 3 unspecified atom stereocenters. The van der Waals surface area contributed by atoms with E-state index in [2.05, 4.69) is 50.2 Å². The first kappa shape index (κ1) is 10.3. The minimum atomic E-state index is 0.558. The average Bonchev–Trinajstić information content (AvgIpc) is 2.86. The van der Waals surface area contributed by atoms with Gasteiger partial charge in [0.1, 0.15) is 0 Å². The van der Waals surface area contributed by atoms with Crippen LogP contribution < -0.4 is 0 Å². The number of nitrogens with zero attached hydrogens (tertiary/aromatic N) is 1. The molecular formula is C15H21N. The van der Waals surface area contributed by atoms with Gasteiger partial charge >= 0.3 is 0 Å². The summed E-state index contributed by atoms with van der Waals surface area (Å²) in [5.74, 6) is 0.921. The zero-order valence-corrected chi connectivity index (χ0v) is 10.5. The lowest BCUT2D eigenvalue weighted by molar-refractivity contribution is 0.271. The molecule has 2 aliphatic rings. The Morgan fingerprint density at radius 2 is 1.88 bits per heavy atom. The van der Waals surface area contributed by atoms with Gasteiger partial charge in [-0.3, -0.25) is 0 Å². The molecule has 2 fully saturated rings. The molecule has 0 saturated heterocycles. The highest BCUT2D eigenvalue weighted by Crippen LogP contribution is 2.65. The van der Waals surface area contributed by atoms with Gasteiger partial charge in [-0.1, -0.05) is 29.8 Å². The Morgan fingerprint density at radius 1 is 1.19 bits per heavy atom. The van der Waals surface area contributed by atoms with Crippen LogP contribution in [0.4, 0.5) is 0 Å². The Labute approximate surface area is 98.5 Å². The largest absolute Gasteiger partial charge is 0.306 e. The van der Waals surface area contributed by atoms with E-state index in [1.165, 1.54) is 24.8 Å². The molecule has 3 atom stereocenters. The summed E-state index contributed by atoms with van der Waals surface area (Å²) in [5.41, 5.74) is 3.52. The molecule has 0 bridgehead atoms. The van der Waals surface area contributed by atoms with Gasteiger partial charge < -0.3 is 4.90 Å². The summed E-state index contributed by atoms with van der Waals surface area (Å²) in [5, 5.41) is 0. The summed E-state index contributed by atoms with van der Waals surface area (Å²) in [4.78, 5) is 2.42. The van der Waals surface area contributed by atoms with Gasteiger partial charge in [0.05, 0.1) is 0 Å². The van der Waals surface area contributed by atoms with E-state index in [-0.39, 0.29) is 0 Å². The quantitative estimate of drug-likeness (QED) is 0.733. The van der Waals surface area contributed by atoms with Crippen LogP contribution in [0.1, 0.15) is 30.4 Å². The van der Waals surface area contributed by atoms with Crippen molar-refractivity contribution in [3.8, 4) is 0 Å². The smallest absolute Gasteiger partial charge is 0.0127 e. The highest BCUT2D eigenvalue weighted by atomic mass is 15.1. The standard InChI is InChI=1S/C15H21N/c1-11-4-6-12(7-5-11)15-9-8-14(16(2)3)13(15)10-15/h4-7,13-14H,8-10H2,1-3H3. The third-order valence-electron chi connectivity index (χ3n) is 4.77. The van der Waals surface area contributed by atoms with Crippen LogP contribution >= 0.6 is 0 Å². The Morgan fingerprint density at radius 3 is 2.38 bits per heavy atom. The van der Waals surface area contributed by atoms with Crippen LogP contribution in [-0.2, 0) is 5.41 Å². The number of rotatable bonds is 2. The van der Waals surface area contributed by atoms with E-state index < -0.39 is 0 Å². The summed E-state index contributed by atoms with van der Waals surface area (Å²) in [6.45, 7) is 2.17. The van der Waals surface area contributed by atoms with Crippen LogP contribution in [0.5, 0.6) is 0 Å². The molecule has 1 heteroatoms. The predicted molar refractivity (Wildman–Crippen MR) is 67.7 cm³/mol. The van der Waals surface area contributed by atoms with Gasteiger partial charge in [-0.15, -0.1) is 0 Å². The van der Waals surface area contributed by atoms with Crippen molar-refractivity contribution < 1.29 is 0 Å². The SMILES string of the molecule is Cc1ccc(C23CCC(N(C)C)C2C3)cc1. The van der Waals surface area contributed by atoms with E-state index >= 15 is 0 Å². The number of hydrogen-bond donors (Lipinski definition) is 0. The van der Waals surface area contributed by atoms with Crippen molar-refractivity contribution in [3.05, 3.63) is 35.4 Å². The van der Waals surface area contributed by atoms with E-state index in [4.69, 9.17) is 0 Å². The van der Waals surface area contributed by atoms with Gasteiger partial charge in [-0.05, 0) is 51.8 Å². The van der Waals surface area contributed by atoms with E-state index in [9.17, 15) is 0 Å². The van der Waals surface area contributed by atoms with Gasteiger partial charge in [-0.2, -0.15) is 0 Å². The highest BCUT2D eigenvalue weighted by Gasteiger charge is 2.62. The summed E-state index contributed by atoms with van der Waals surface area (Å²) >= 11 is 0. The monoisotopic (exact) mass is 215 g/mol. The summed E-state index contributed by atoms with van der Waals surface area (Å²) in [6.07, 6.45) is 4.19. The van der Waals surface area contributed by atoms with Gasteiger partial charge in [0.2, 0.25) is 0 Å². The van der Waals surface area contributed by atoms with Crippen molar-refractivity contribution in [2.75, 3.05) is 14.1 Å². The van der Waals surface area contributed by atoms with Gasteiger partial charge in [0, 0.05) is 11.5 Å². The molecule has 0 aromatic heterocycles. The van der Waals surface area contributed by atoms with Gasteiger partial charge in [0.25, 0.3) is 0 Å². The molecule has 86 valence electrons. The topological polar surface area (TPSA) is 3.24 Å². The van der Waals surface area contributed by atoms with E-state index in [0.717, 1.165) is 12.0 Å². The minimum Gasteiger partial charge on any atom is -0.306 e. The van der Waals surface area contributed by atoms with Crippen LogP contribution in [0.15, 0.2) is 24.3 Å². The molecular weight excluding hydrogens is 194 g/mol. The van der Waals surface area contributed by atoms with Gasteiger partial charge in [-0.25, -0.2) is 0 Å². The molecule has 0 radical (unpaired) electrons.